The van der Waals surface area contributed by atoms with Crippen molar-refractivity contribution in [1.82, 2.24) is 4.90 Å². The van der Waals surface area contributed by atoms with Gasteiger partial charge in [0.1, 0.15) is 5.82 Å². The van der Waals surface area contributed by atoms with Gasteiger partial charge >= 0.3 is 12.0 Å². The number of urea groups is 1. The third kappa shape index (κ3) is 3.79. The lowest BCUT2D eigenvalue weighted by molar-refractivity contribution is 0.0600. The van der Waals surface area contributed by atoms with Gasteiger partial charge in [-0.3, -0.25) is 0 Å². The molecule has 1 atom stereocenters. The zero-order chi connectivity index (χ0) is 17.8. The van der Waals surface area contributed by atoms with Crippen molar-refractivity contribution in [2.45, 2.75) is 18.9 Å². The molecule has 0 spiro atoms. The molecule has 2 aromatic rings. The van der Waals surface area contributed by atoms with Crippen molar-refractivity contribution in [1.29, 1.82) is 0 Å². The van der Waals surface area contributed by atoms with Crippen molar-refractivity contribution in [2.24, 2.45) is 0 Å². The average molecular weight is 342 g/mol. The Hall–Kier alpha value is -2.89. The number of nitrogens with zero attached hydrogens (tertiary/aromatic N) is 1. The van der Waals surface area contributed by atoms with E-state index in [0.717, 1.165) is 18.4 Å². The Balaban J connectivity index is 1.69. The van der Waals surface area contributed by atoms with Gasteiger partial charge in [-0.1, -0.05) is 12.1 Å². The molecule has 1 aliphatic heterocycles. The van der Waals surface area contributed by atoms with E-state index in [-0.39, 0.29) is 17.9 Å². The van der Waals surface area contributed by atoms with Crippen molar-refractivity contribution in [2.75, 3.05) is 19.0 Å². The first-order valence-corrected chi connectivity index (χ1v) is 8.10. The predicted octanol–water partition coefficient (Wildman–Crippen LogP) is 3.98. The maximum absolute atomic E-state index is 13.1. The minimum Gasteiger partial charge on any atom is -0.465 e. The summed E-state index contributed by atoms with van der Waals surface area (Å²) in [5, 5.41) is 2.84. The second kappa shape index (κ2) is 7.34. The fourth-order valence-electron chi connectivity index (χ4n) is 3.04. The maximum atomic E-state index is 13.1. The van der Waals surface area contributed by atoms with E-state index in [4.69, 9.17) is 0 Å². The monoisotopic (exact) mass is 342 g/mol. The van der Waals surface area contributed by atoms with Gasteiger partial charge in [-0.15, -0.1) is 0 Å². The number of hydrogen-bond donors (Lipinski definition) is 1. The Morgan fingerprint density at radius 2 is 1.80 bits per heavy atom. The molecular formula is C19H19FN2O3. The molecular weight excluding hydrogens is 323 g/mol. The van der Waals surface area contributed by atoms with Crippen molar-refractivity contribution >= 4 is 17.7 Å². The largest absolute Gasteiger partial charge is 0.465 e. The van der Waals surface area contributed by atoms with E-state index < -0.39 is 5.97 Å². The normalized spacial score (nSPS) is 16.6. The molecule has 1 fully saturated rings. The molecule has 130 valence electrons. The number of esters is 1. The van der Waals surface area contributed by atoms with E-state index in [1.807, 2.05) is 0 Å². The summed E-state index contributed by atoms with van der Waals surface area (Å²) >= 11 is 0. The van der Waals surface area contributed by atoms with Gasteiger partial charge in [-0.05, 0) is 54.8 Å². The van der Waals surface area contributed by atoms with Crippen LogP contribution in [0.3, 0.4) is 0 Å². The number of anilines is 1. The number of halogens is 1. The summed E-state index contributed by atoms with van der Waals surface area (Å²) in [7, 11) is 1.32. The highest BCUT2D eigenvalue weighted by molar-refractivity contribution is 5.92. The van der Waals surface area contributed by atoms with Crippen LogP contribution in [0.15, 0.2) is 48.5 Å². The summed E-state index contributed by atoms with van der Waals surface area (Å²) in [5.41, 5.74) is 1.95. The first-order valence-electron chi connectivity index (χ1n) is 8.10. The second-order valence-corrected chi connectivity index (χ2v) is 5.90. The number of carbonyl (C=O) groups is 2. The molecule has 1 saturated heterocycles. The average Bonchev–Trinajstić information content (AvgIpc) is 3.12. The molecule has 1 unspecified atom stereocenters. The third-order valence-corrected chi connectivity index (χ3v) is 4.33. The molecule has 0 saturated carbocycles. The zero-order valence-corrected chi connectivity index (χ0v) is 13.9. The molecule has 0 bridgehead atoms. The van der Waals surface area contributed by atoms with Crippen LogP contribution in [0.5, 0.6) is 0 Å². The Bertz CT molecular complexity index is 759. The lowest BCUT2D eigenvalue weighted by Crippen LogP contribution is -2.34. The van der Waals surface area contributed by atoms with E-state index in [1.54, 1.807) is 41.3 Å². The maximum Gasteiger partial charge on any atom is 0.337 e. The number of carbonyl (C=O) groups excluding carboxylic acids is 2. The minimum atomic E-state index is -0.422. The number of likely N-dealkylation sites (tertiary alicyclic amines) is 1. The Morgan fingerprint density at radius 3 is 2.44 bits per heavy atom. The number of benzene rings is 2. The van der Waals surface area contributed by atoms with E-state index in [2.05, 4.69) is 10.1 Å². The van der Waals surface area contributed by atoms with E-state index in [9.17, 15) is 14.0 Å². The number of hydrogen-bond acceptors (Lipinski definition) is 3. The number of rotatable bonds is 3. The van der Waals surface area contributed by atoms with Crippen molar-refractivity contribution in [3.8, 4) is 0 Å². The van der Waals surface area contributed by atoms with Gasteiger partial charge < -0.3 is 15.0 Å². The summed E-state index contributed by atoms with van der Waals surface area (Å²) < 4.78 is 17.8. The summed E-state index contributed by atoms with van der Waals surface area (Å²) in [5.74, 6) is -0.711. The molecule has 0 aliphatic carbocycles. The van der Waals surface area contributed by atoms with Gasteiger partial charge in [0.2, 0.25) is 0 Å². The van der Waals surface area contributed by atoms with Gasteiger partial charge in [-0.25, -0.2) is 14.0 Å². The first kappa shape index (κ1) is 17.0. The molecule has 0 aromatic heterocycles. The fraction of sp³-hybridized carbons (Fsp3) is 0.263. The van der Waals surface area contributed by atoms with Gasteiger partial charge in [0.15, 0.2) is 0 Å². The summed E-state index contributed by atoms with van der Waals surface area (Å²) in [6.45, 7) is 0.647. The second-order valence-electron chi connectivity index (χ2n) is 5.90. The van der Waals surface area contributed by atoms with Crippen molar-refractivity contribution in [3.05, 3.63) is 65.5 Å². The molecule has 1 N–H and O–H groups in total. The third-order valence-electron chi connectivity index (χ3n) is 4.33. The molecule has 3 rings (SSSR count). The van der Waals surface area contributed by atoms with Crippen LogP contribution in [0.4, 0.5) is 14.9 Å². The lowest BCUT2D eigenvalue weighted by atomic mass is 10.0. The number of nitrogens with one attached hydrogen (secondary N) is 1. The highest BCUT2D eigenvalue weighted by Gasteiger charge is 2.30. The van der Waals surface area contributed by atoms with Crippen LogP contribution in [0, 0.1) is 5.82 Å². The van der Waals surface area contributed by atoms with Crippen LogP contribution in [0.2, 0.25) is 0 Å². The summed E-state index contributed by atoms with van der Waals surface area (Å²) in [6.07, 6.45) is 1.75. The highest BCUT2D eigenvalue weighted by atomic mass is 19.1. The molecule has 0 radical (unpaired) electrons. The summed E-state index contributed by atoms with van der Waals surface area (Å²) in [6, 6.07) is 12.5. The topological polar surface area (TPSA) is 58.6 Å². The van der Waals surface area contributed by atoms with Crippen LogP contribution in [0.1, 0.15) is 34.8 Å². The zero-order valence-electron chi connectivity index (χ0n) is 13.9. The van der Waals surface area contributed by atoms with Crippen molar-refractivity contribution in [3.63, 3.8) is 0 Å². The SMILES string of the molecule is COC(=O)c1ccc(NC(=O)N2CCCC2c2ccc(F)cc2)cc1. The van der Waals surface area contributed by atoms with Crippen LogP contribution in [0.25, 0.3) is 0 Å². The number of amides is 2. The summed E-state index contributed by atoms with van der Waals surface area (Å²) in [4.78, 5) is 25.8. The van der Waals surface area contributed by atoms with Gasteiger partial charge in [0.25, 0.3) is 0 Å². The Kier molecular flexibility index (Phi) is 4.97. The van der Waals surface area contributed by atoms with Crippen LogP contribution < -0.4 is 5.32 Å². The molecule has 6 heteroatoms. The van der Waals surface area contributed by atoms with Crippen LogP contribution in [-0.2, 0) is 4.74 Å². The quantitative estimate of drug-likeness (QED) is 0.858. The molecule has 1 aliphatic rings. The Morgan fingerprint density at radius 1 is 1.12 bits per heavy atom. The molecule has 5 nitrogen and oxygen atoms in total. The molecule has 25 heavy (non-hydrogen) atoms. The van der Waals surface area contributed by atoms with Crippen LogP contribution in [-0.4, -0.2) is 30.6 Å². The number of ether oxygens (including phenoxy) is 1. The lowest BCUT2D eigenvalue weighted by Gasteiger charge is -2.25. The van der Waals surface area contributed by atoms with Gasteiger partial charge in [-0.2, -0.15) is 0 Å². The molecule has 2 aromatic carbocycles. The van der Waals surface area contributed by atoms with E-state index >= 15 is 0 Å². The highest BCUT2D eigenvalue weighted by Crippen LogP contribution is 2.32. The van der Waals surface area contributed by atoms with Gasteiger partial charge in [0, 0.05) is 12.2 Å². The predicted molar refractivity (Wildman–Crippen MR) is 91.9 cm³/mol. The molecule has 2 amide bonds. The standard InChI is InChI=1S/C19H19FN2O3/c1-25-18(23)14-6-10-16(11-7-14)21-19(24)22-12-2-3-17(22)13-4-8-15(20)9-5-13/h4-11,17H,2-3,12H2,1H3,(H,21,24). The minimum absolute atomic E-state index is 0.0602. The van der Waals surface area contributed by atoms with Crippen LogP contribution >= 0.6 is 0 Å². The number of methoxy groups -OCH3 is 1. The van der Waals surface area contributed by atoms with E-state index in [0.29, 0.717) is 17.8 Å². The van der Waals surface area contributed by atoms with Gasteiger partial charge in [0.05, 0.1) is 18.7 Å². The fourth-order valence-corrected chi connectivity index (χ4v) is 3.04. The first-order chi connectivity index (χ1) is 12.1. The smallest absolute Gasteiger partial charge is 0.337 e. The molecule has 1 heterocycles. The Labute approximate surface area is 145 Å². The van der Waals surface area contributed by atoms with Crippen molar-refractivity contribution < 1.29 is 18.7 Å². The van der Waals surface area contributed by atoms with E-state index in [1.165, 1.54) is 19.2 Å².